The van der Waals surface area contributed by atoms with E-state index in [-0.39, 0.29) is 18.4 Å². The molecule has 2 aromatic rings. The van der Waals surface area contributed by atoms with Crippen molar-refractivity contribution < 1.29 is 14.3 Å². The van der Waals surface area contributed by atoms with E-state index in [0.717, 1.165) is 29.3 Å². The summed E-state index contributed by atoms with van der Waals surface area (Å²) in [5, 5.41) is 2.92. The van der Waals surface area contributed by atoms with Crippen LogP contribution in [0.25, 0.3) is 0 Å². The minimum absolute atomic E-state index is 0.119. The normalized spacial score (nSPS) is 11.6. The Kier molecular flexibility index (Phi) is 9.87. The van der Waals surface area contributed by atoms with Gasteiger partial charge in [0.25, 0.3) is 5.91 Å². The van der Waals surface area contributed by atoms with Crippen LogP contribution in [0.4, 0.5) is 0 Å². The Morgan fingerprint density at radius 1 is 1.10 bits per heavy atom. The first kappa shape index (κ1) is 23.9. The van der Waals surface area contributed by atoms with E-state index < -0.39 is 6.04 Å². The van der Waals surface area contributed by atoms with E-state index in [4.69, 9.17) is 4.74 Å². The second kappa shape index (κ2) is 12.4. The molecular weight excluding hydrogens is 444 g/mol. The number of benzene rings is 2. The van der Waals surface area contributed by atoms with Gasteiger partial charge in [-0.2, -0.15) is 0 Å². The lowest BCUT2D eigenvalue weighted by Gasteiger charge is -2.29. The van der Waals surface area contributed by atoms with Crippen molar-refractivity contribution in [2.75, 3.05) is 13.2 Å². The molecular formula is C24H31BrN2O3. The van der Waals surface area contributed by atoms with Crippen molar-refractivity contribution in [3.8, 4) is 5.75 Å². The minimum atomic E-state index is -0.598. The number of amides is 2. The highest BCUT2D eigenvalue weighted by Crippen LogP contribution is 2.17. The molecule has 0 aliphatic heterocycles. The summed E-state index contributed by atoms with van der Waals surface area (Å²) < 4.78 is 6.64. The molecule has 2 aromatic carbocycles. The van der Waals surface area contributed by atoms with E-state index in [1.54, 1.807) is 11.8 Å². The maximum absolute atomic E-state index is 13.0. The zero-order chi connectivity index (χ0) is 21.9. The Bertz CT molecular complexity index is 823. The van der Waals surface area contributed by atoms with Gasteiger partial charge in [-0.25, -0.2) is 0 Å². The van der Waals surface area contributed by atoms with Crippen molar-refractivity contribution >= 4 is 27.7 Å². The lowest BCUT2D eigenvalue weighted by atomic mass is 10.1. The molecule has 6 heteroatoms. The highest BCUT2D eigenvalue weighted by Gasteiger charge is 2.26. The molecule has 0 unspecified atom stereocenters. The number of ether oxygens (including phenoxy) is 1. The minimum Gasteiger partial charge on any atom is -0.484 e. The van der Waals surface area contributed by atoms with E-state index in [9.17, 15) is 9.59 Å². The summed E-state index contributed by atoms with van der Waals surface area (Å²) in [5.74, 6) is 0.259. The highest BCUT2D eigenvalue weighted by molar-refractivity contribution is 9.10. The second-order valence-electron chi connectivity index (χ2n) is 7.26. The van der Waals surface area contributed by atoms with Crippen molar-refractivity contribution in [1.82, 2.24) is 10.2 Å². The van der Waals surface area contributed by atoms with Crippen LogP contribution >= 0.6 is 15.9 Å². The van der Waals surface area contributed by atoms with Gasteiger partial charge in [0.2, 0.25) is 5.91 Å². The third-order valence-corrected chi connectivity index (χ3v) is 5.43. The Morgan fingerprint density at radius 3 is 2.47 bits per heavy atom. The summed E-state index contributed by atoms with van der Waals surface area (Å²) in [6.45, 7) is 6.74. The van der Waals surface area contributed by atoms with Crippen molar-refractivity contribution in [3.05, 3.63) is 64.1 Å². The molecule has 1 N–H and O–H groups in total. The third kappa shape index (κ3) is 7.48. The van der Waals surface area contributed by atoms with Crippen LogP contribution in [0.3, 0.4) is 0 Å². The number of carbonyl (C=O) groups excluding carboxylic acids is 2. The number of halogens is 1. The predicted molar refractivity (Wildman–Crippen MR) is 123 cm³/mol. The number of nitrogens with one attached hydrogen (secondary N) is 1. The van der Waals surface area contributed by atoms with Gasteiger partial charge < -0.3 is 15.0 Å². The molecule has 0 bridgehead atoms. The Morgan fingerprint density at radius 2 is 1.83 bits per heavy atom. The Balaban J connectivity index is 2.09. The number of aryl methyl sites for hydroxylation is 1. The number of hydrogen-bond donors (Lipinski definition) is 1. The molecule has 0 aliphatic carbocycles. The fraction of sp³-hybridized carbons (Fsp3) is 0.417. The zero-order valence-electron chi connectivity index (χ0n) is 18.0. The van der Waals surface area contributed by atoms with Gasteiger partial charge in [0.15, 0.2) is 6.61 Å². The van der Waals surface area contributed by atoms with Crippen LogP contribution in [0.5, 0.6) is 5.75 Å². The predicted octanol–water partition coefficient (Wildman–Crippen LogP) is 4.72. The molecule has 5 nitrogen and oxygen atoms in total. The molecule has 1 atom stereocenters. The molecule has 0 spiro atoms. The van der Waals surface area contributed by atoms with Gasteiger partial charge in [0.05, 0.1) is 0 Å². The summed E-state index contributed by atoms with van der Waals surface area (Å²) >= 11 is 3.46. The number of hydrogen-bond acceptors (Lipinski definition) is 3. The van der Waals surface area contributed by atoms with Gasteiger partial charge in [-0.1, -0.05) is 60.5 Å². The average Bonchev–Trinajstić information content (AvgIpc) is 2.75. The number of rotatable bonds is 11. The summed E-state index contributed by atoms with van der Waals surface area (Å²) in [5.41, 5.74) is 2.15. The van der Waals surface area contributed by atoms with Crippen LogP contribution < -0.4 is 10.1 Å². The number of unbranched alkanes of at least 4 members (excludes halogenated alkanes) is 1. The van der Waals surface area contributed by atoms with Gasteiger partial charge in [-0.15, -0.1) is 0 Å². The van der Waals surface area contributed by atoms with Gasteiger partial charge >= 0.3 is 0 Å². The maximum atomic E-state index is 13.0. The standard InChI is InChI=1S/C24H31BrN2O3/c1-4-6-14-26-24(29)18(3)27(16-20-8-7-9-21(25)15-20)23(28)17-30-22-12-10-19(5-2)11-13-22/h7-13,15,18H,4-6,14,16-17H2,1-3H3,(H,26,29)/t18-/m1/s1. The Labute approximate surface area is 187 Å². The van der Waals surface area contributed by atoms with E-state index >= 15 is 0 Å². The first-order chi connectivity index (χ1) is 14.4. The molecule has 30 heavy (non-hydrogen) atoms. The monoisotopic (exact) mass is 474 g/mol. The first-order valence-electron chi connectivity index (χ1n) is 10.5. The topological polar surface area (TPSA) is 58.6 Å². The van der Waals surface area contributed by atoms with E-state index in [0.29, 0.717) is 18.8 Å². The van der Waals surface area contributed by atoms with Crippen molar-refractivity contribution in [3.63, 3.8) is 0 Å². The maximum Gasteiger partial charge on any atom is 0.261 e. The van der Waals surface area contributed by atoms with Crippen LogP contribution in [0.15, 0.2) is 53.0 Å². The highest BCUT2D eigenvalue weighted by atomic mass is 79.9. The molecule has 0 saturated carbocycles. The molecule has 0 fully saturated rings. The van der Waals surface area contributed by atoms with Gasteiger partial charge in [0, 0.05) is 17.6 Å². The SMILES string of the molecule is CCCCNC(=O)[C@@H](C)N(Cc1cccc(Br)c1)C(=O)COc1ccc(CC)cc1. The summed E-state index contributed by atoms with van der Waals surface area (Å²) in [4.78, 5) is 27.2. The van der Waals surface area contributed by atoms with Crippen LogP contribution in [-0.2, 0) is 22.6 Å². The lowest BCUT2D eigenvalue weighted by Crippen LogP contribution is -2.49. The van der Waals surface area contributed by atoms with Crippen LogP contribution in [0, 0.1) is 0 Å². The van der Waals surface area contributed by atoms with E-state index in [1.807, 2.05) is 48.5 Å². The van der Waals surface area contributed by atoms with Crippen LogP contribution in [0.2, 0.25) is 0 Å². The fourth-order valence-electron chi connectivity index (χ4n) is 3.00. The molecule has 0 saturated heterocycles. The largest absolute Gasteiger partial charge is 0.484 e. The summed E-state index contributed by atoms with van der Waals surface area (Å²) in [6.07, 6.45) is 2.86. The molecule has 0 heterocycles. The molecule has 2 amide bonds. The van der Waals surface area contributed by atoms with Crippen LogP contribution in [0.1, 0.15) is 44.7 Å². The van der Waals surface area contributed by atoms with Gasteiger partial charge in [-0.05, 0) is 55.2 Å². The fourth-order valence-corrected chi connectivity index (χ4v) is 3.45. The number of carbonyl (C=O) groups is 2. The van der Waals surface area contributed by atoms with E-state index in [1.165, 1.54) is 5.56 Å². The second-order valence-corrected chi connectivity index (χ2v) is 8.17. The van der Waals surface area contributed by atoms with Crippen molar-refractivity contribution in [1.29, 1.82) is 0 Å². The van der Waals surface area contributed by atoms with Crippen LogP contribution in [-0.4, -0.2) is 35.9 Å². The van der Waals surface area contributed by atoms with Gasteiger partial charge in [-0.3, -0.25) is 9.59 Å². The van der Waals surface area contributed by atoms with Crippen molar-refractivity contribution in [2.24, 2.45) is 0 Å². The quantitative estimate of drug-likeness (QED) is 0.479. The average molecular weight is 475 g/mol. The summed E-state index contributed by atoms with van der Waals surface area (Å²) in [7, 11) is 0. The third-order valence-electron chi connectivity index (χ3n) is 4.93. The van der Waals surface area contributed by atoms with Gasteiger partial charge in [0.1, 0.15) is 11.8 Å². The smallest absolute Gasteiger partial charge is 0.261 e. The molecule has 0 aromatic heterocycles. The molecule has 0 radical (unpaired) electrons. The first-order valence-corrected chi connectivity index (χ1v) is 11.3. The molecule has 0 aliphatic rings. The molecule has 2 rings (SSSR count). The zero-order valence-corrected chi connectivity index (χ0v) is 19.6. The number of nitrogens with zero attached hydrogens (tertiary/aromatic N) is 1. The van der Waals surface area contributed by atoms with Crippen molar-refractivity contribution in [2.45, 2.75) is 52.6 Å². The Hall–Kier alpha value is -2.34. The summed E-state index contributed by atoms with van der Waals surface area (Å²) in [6, 6.07) is 14.9. The molecule has 162 valence electrons. The lowest BCUT2D eigenvalue weighted by molar-refractivity contribution is -0.142. The van der Waals surface area contributed by atoms with E-state index in [2.05, 4.69) is 35.1 Å².